The van der Waals surface area contributed by atoms with Crippen LogP contribution in [0.5, 0.6) is 0 Å². The van der Waals surface area contributed by atoms with E-state index < -0.39 is 12.1 Å². The van der Waals surface area contributed by atoms with Crippen LogP contribution in [-0.2, 0) is 9.59 Å². The molecule has 1 aromatic carbocycles. The summed E-state index contributed by atoms with van der Waals surface area (Å²) >= 11 is 0. The van der Waals surface area contributed by atoms with Gasteiger partial charge in [-0.05, 0) is 25.5 Å². The Morgan fingerprint density at radius 2 is 1.92 bits per heavy atom. The smallest absolute Gasteiger partial charge is 0.324 e. The summed E-state index contributed by atoms with van der Waals surface area (Å²) in [6, 6.07) is 4.69. The van der Waals surface area contributed by atoms with Gasteiger partial charge in [-0.25, -0.2) is 4.79 Å². The zero-order valence-electron chi connectivity index (χ0n) is 14.4. The van der Waals surface area contributed by atoms with E-state index in [9.17, 15) is 19.2 Å². The van der Waals surface area contributed by atoms with Crippen LogP contribution in [0.4, 0.5) is 4.79 Å². The van der Waals surface area contributed by atoms with Crippen molar-refractivity contribution < 1.29 is 19.2 Å². The van der Waals surface area contributed by atoms with Crippen LogP contribution in [0.25, 0.3) is 0 Å². The highest BCUT2D eigenvalue weighted by atomic mass is 16.2. The minimum absolute atomic E-state index is 0.0537. The Morgan fingerprint density at radius 3 is 2.68 bits per heavy atom. The number of hydrogen-bond acceptors (Lipinski definition) is 4. The van der Waals surface area contributed by atoms with Crippen molar-refractivity contribution in [2.75, 3.05) is 19.6 Å². The van der Waals surface area contributed by atoms with E-state index in [1.807, 2.05) is 32.0 Å². The van der Waals surface area contributed by atoms with Crippen LogP contribution in [0, 0.1) is 13.8 Å². The van der Waals surface area contributed by atoms with Gasteiger partial charge in [-0.15, -0.1) is 0 Å². The fourth-order valence-electron chi connectivity index (χ4n) is 3.29. The molecule has 0 aliphatic carbocycles. The van der Waals surface area contributed by atoms with Gasteiger partial charge in [-0.2, -0.15) is 0 Å². The maximum absolute atomic E-state index is 12.4. The van der Waals surface area contributed by atoms with Crippen molar-refractivity contribution in [3.8, 4) is 0 Å². The lowest BCUT2D eigenvalue weighted by molar-refractivity contribution is -0.135. The van der Waals surface area contributed by atoms with E-state index in [2.05, 4.69) is 5.32 Å². The summed E-state index contributed by atoms with van der Waals surface area (Å²) in [7, 11) is 0. The minimum atomic E-state index is -0.611. The highest BCUT2D eigenvalue weighted by molar-refractivity contribution is 6.05. The number of imide groups is 1. The number of urea groups is 1. The van der Waals surface area contributed by atoms with Crippen molar-refractivity contribution in [2.45, 2.75) is 32.7 Å². The maximum Gasteiger partial charge on any atom is 0.324 e. The topological polar surface area (TPSA) is 86.8 Å². The SMILES string of the molecule is Cc1ccc(C)c(C(=O)CCC(=O)N2CCN3C(=O)NC(=O)[C@@H]3C2)c1. The molecule has 3 rings (SSSR count). The van der Waals surface area contributed by atoms with Gasteiger partial charge < -0.3 is 9.80 Å². The van der Waals surface area contributed by atoms with E-state index in [-0.39, 0.29) is 37.0 Å². The van der Waals surface area contributed by atoms with Gasteiger partial charge in [-0.1, -0.05) is 17.7 Å². The standard InChI is InChI=1S/C18H21N3O4/c1-11-3-4-12(2)13(9-11)15(22)5-6-16(23)20-7-8-21-14(10-20)17(24)19-18(21)25/h3-4,9,14H,5-8,10H2,1-2H3,(H,19,24,25)/t14-/m0/s1. The molecule has 25 heavy (non-hydrogen) atoms. The van der Waals surface area contributed by atoms with E-state index in [1.54, 1.807) is 4.90 Å². The Morgan fingerprint density at radius 1 is 1.16 bits per heavy atom. The monoisotopic (exact) mass is 343 g/mol. The van der Waals surface area contributed by atoms with Gasteiger partial charge in [0.25, 0.3) is 5.91 Å². The lowest BCUT2D eigenvalue weighted by atomic mass is 9.99. The molecule has 1 N–H and O–H groups in total. The number of hydrogen-bond donors (Lipinski definition) is 1. The van der Waals surface area contributed by atoms with E-state index in [0.717, 1.165) is 11.1 Å². The third-order valence-corrected chi connectivity index (χ3v) is 4.79. The zero-order valence-corrected chi connectivity index (χ0v) is 14.4. The minimum Gasteiger partial charge on any atom is -0.338 e. The summed E-state index contributed by atoms with van der Waals surface area (Å²) in [5.41, 5.74) is 2.56. The zero-order chi connectivity index (χ0) is 18.1. The van der Waals surface area contributed by atoms with E-state index in [4.69, 9.17) is 0 Å². The van der Waals surface area contributed by atoms with Gasteiger partial charge in [0.15, 0.2) is 5.78 Å². The van der Waals surface area contributed by atoms with Crippen LogP contribution in [0.2, 0.25) is 0 Å². The van der Waals surface area contributed by atoms with Crippen LogP contribution in [0.1, 0.15) is 34.3 Å². The number of nitrogens with one attached hydrogen (secondary N) is 1. The number of rotatable bonds is 4. The molecule has 0 bridgehead atoms. The maximum atomic E-state index is 12.4. The van der Waals surface area contributed by atoms with Crippen LogP contribution in [0.3, 0.4) is 0 Å². The molecule has 1 aromatic rings. The second kappa shape index (κ2) is 6.66. The molecule has 2 heterocycles. The van der Waals surface area contributed by atoms with Crippen molar-refractivity contribution in [2.24, 2.45) is 0 Å². The first-order valence-corrected chi connectivity index (χ1v) is 8.36. The molecule has 7 nitrogen and oxygen atoms in total. The Bertz CT molecular complexity index is 759. The number of aryl methyl sites for hydroxylation is 2. The Kier molecular flexibility index (Phi) is 4.57. The van der Waals surface area contributed by atoms with Crippen molar-refractivity contribution in [1.82, 2.24) is 15.1 Å². The van der Waals surface area contributed by atoms with Gasteiger partial charge in [-0.3, -0.25) is 19.7 Å². The van der Waals surface area contributed by atoms with E-state index in [1.165, 1.54) is 4.90 Å². The molecule has 0 aromatic heterocycles. The number of ketones is 1. The van der Waals surface area contributed by atoms with Crippen molar-refractivity contribution in [3.05, 3.63) is 34.9 Å². The average Bonchev–Trinajstić information content (AvgIpc) is 2.88. The molecule has 2 aliphatic rings. The first-order valence-electron chi connectivity index (χ1n) is 8.36. The number of carbonyl (C=O) groups is 4. The summed E-state index contributed by atoms with van der Waals surface area (Å²) in [5.74, 6) is -0.582. The van der Waals surface area contributed by atoms with Gasteiger partial charge in [0.2, 0.25) is 5.91 Å². The normalized spacial score (nSPS) is 19.7. The Labute approximate surface area is 146 Å². The molecule has 2 fully saturated rings. The largest absolute Gasteiger partial charge is 0.338 e. The second-order valence-electron chi connectivity index (χ2n) is 6.58. The first-order chi connectivity index (χ1) is 11.9. The van der Waals surface area contributed by atoms with Crippen LogP contribution >= 0.6 is 0 Å². The summed E-state index contributed by atoms with van der Waals surface area (Å²) < 4.78 is 0. The lowest BCUT2D eigenvalue weighted by Crippen LogP contribution is -2.54. The first kappa shape index (κ1) is 17.1. The summed E-state index contributed by atoms with van der Waals surface area (Å²) in [6.45, 7) is 4.71. The van der Waals surface area contributed by atoms with Crippen LogP contribution in [-0.4, -0.2) is 59.1 Å². The number of benzene rings is 1. The molecule has 4 amide bonds. The van der Waals surface area contributed by atoms with Gasteiger partial charge >= 0.3 is 6.03 Å². The molecule has 2 aliphatic heterocycles. The fourth-order valence-corrected chi connectivity index (χ4v) is 3.29. The number of nitrogens with zero attached hydrogens (tertiary/aromatic N) is 2. The third kappa shape index (κ3) is 3.40. The average molecular weight is 343 g/mol. The molecule has 1 atom stereocenters. The predicted octanol–water partition coefficient (Wildman–Crippen LogP) is 1.03. The third-order valence-electron chi connectivity index (χ3n) is 4.79. The number of amides is 4. The fraction of sp³-hybridized carbons (Fsp3) is 0.444. The van der Waals surface area contributed by atoms with E-state index in [0.29, 0.717) is 18.7 Å². The molecule has 0 unspecified atom stereocenters. The van der Waals surface area contributed by atoms with Gasteiger partial charge in [0, 0.05) is 31.5 Å². The number of piperazine rings is 1. The molecule has 0 saturated carbocycles. The van der Waals surface area contributed by atoms with Crippen molar-refractivity contribution in [3.63, 3.8) is 0 Å². The second-order valence-corrected chi connectivity index (χ2v) is 6.58. The quantitative estimate of drug-likeness (QED) is 0.653. The lowest BCUT2D eigenvalue weighted by Gasteiger charge is -2.35. The van der Waals surface area contributed by atoms with Gasteiger partial charge in [0.05, 0.1) is 6.54 Å². The number of Topliss-reactive ketones (excluding diaryl/α,β-unsaturated/α-hetero) is 1. The Hall–Kier alpha value is -2.70. The summed E-state index contributed by atoms with van der Waals surface area (Å²) in [5, 5.41) is 2.26. The van der Waals surface area contributed by atoms with Crippen molar-refractivity contribution in [1.29, 1.82) is 0 Å². The predicted molar refractivity (Wildman–Crippen MR) is 90.1 cm³/mol. The summed E-state index contributed by atoms with van der Waals surface area (Å²) in [6.07, 6.45) is 0.244. The van der Waals surface area contributed by atoms with Crippen molar-refractivity contribution >= 4 is 23.6 Å². The molecule has 7 heteroatoms. The molecular weight excluding hydrogens is 322 g/mol. The highest BCUT2D eigenvalue weighted by Crippen LogP contribution is 2.18. The van der Waals surface area contributed by atoms with Gasteiger partial charge in [0.1, 0.15) is 6.04 Å². The van der Waals surface area contributed by atoms with E-state index >= 15 is 0 Å². The molecule has 0 spiro atoms. The molecule has 132 valence electrons. The summed E-state index contributed by atoms with van der Waals surface area (Å²) in [4.78, 5) is 51.1. The molecular formula is C18H21N3O4. The Balaban J connectivity index is 1.58. The molecule has 0 radical (unpaired) electrons. The molecule has 2 saturated heterocycles. The van der Waals surface area contributed by atoms with Crippen LogP contribution in [0.15, 0.2) is 18.2 Å². The van der Waals surface area contributed by atoms with Crippen LogP contribution < -0.4 is 5.32 Å². The number of fused-ring (bicyclic) bond motifs is 1. The highest BCUT2D eigenvalue weighted by Gasteiger charge is 2.42. The number of carbonyl (C=O) groups excluding carboxylic acids is 4.